The van der Waals surface area contributed by atoms with E-state index in [1.54, 1.807) is 0 Å². The molecule has 0 spiro atoms. The van der Waals surface area contributed by atoms with E-state index in [1.165, 1.54) is 13.2 Å². The van der Waals surface area contributed by atoms with Gasteiger partial charge in [-0.1, -0.05) is 0 Å². The van der Waals surface area contributed by atoms with Gasteiger partial charge in [0.05, 0.1) is 23.6 Å². The predicted octanol–water partition coefficient (Wildman–Crippen LogP) is 3.98. The van der Waals surface area contributed by atoms with Crippen molar-refractivity contribution >= 4 is 21.9 Å². The largest absolute Gasteiger partial charge is 0.495 e. The van der Waals surface area contributed by atoms with Gasteiger partial charge in [-0.05, 0) is 46.5 Å². The molecule has 0 amide bonds. The van der Waals surface area contributed by atoms with E-state index in [0.717, 1.165) is 6.07 Å². The van der Waals surface area contributed by atoms with Crippen molar-refractivity contribution in [3.8, 4) is 5.75 Å². The Morgan fingerprint density at radius 1 is 1.45 bits per heavy atom. The molecule has 1 saturated carbocycles. The molecule has 7 heteroatoms. The van der Waals surface area contributed by atoms with Gasteiger partial charge in [0, 0.05) is 5.41 Å². The maximum absolute atomic E-state index is 13.0. The molecule has 0 unspecified atom stereocenters. The first-order valence-electron chi connectivity index (χ1n) is 5.86. The van der Waals surface area contributed by atoms with Gasteiger partial charge in [-0.25, -0.2) is 0 Å². The monoisotopic (exact) mass is 352 g/mol. The van der Waals surface area contributed by atoms with Crippen LogP contribution in [0.2, 0.25) is 0 Å². The highest BCUT2D eigenvalue weighted by atomic mass is 79.9. The van der Waals surface area contributed by atoms with Crippen LogP contribution in [0.25, 0.3) is 0 Å². The van der Waals surface area contributed by atoms with Crippen molar-refractivity contribution in [1.29, 1.82) is 0 Å². The van der Waals surface area contributed by atoms with E-state index in [1.807, 2.05) is 0 Å². The molecule has 0 aliphatic heterocycles. The van der Waals surface area contributed by atoms with Crippen LogP contribution < -0.4 is 4.74 Å². The molecule has 1 aromatic rings. The molecule has 0 bridgehead atoms. The molecule has 3 nitrogen and oxygen atoms in total. The average Bonchev–Trinajstić information content (AvgIpc) is 3.06. The number of rotatable bonds is 4. The van der Waals surface area contributed by atoms with Gasteiger partial charge < -0.3 is 9.84 Å². The summed E-state index contributed by atoms with van der Waals surface area (Å²) < 4.78 is 44.1. The molecule has 2 rings (SSSR count). The van der Waals surface area contributed by atoms with Gasteiger partial charge >= 0.3 is 12.1 Å². The molecule has 1 aliphatic rings. The zero-order chi connectivity index (χ0) is 15.1. The summed E-state index contributed by atoms with van der Waals surface area (Å²) in [6, 6.07) is 2.52. The Balaban J connectivity index is 2.52. The number of carbonyl (C=O) groups is 1. The Morgan fingerprint density at radius 3 is 2.45 bits per heavy atom. The molecule has 1 aliphatic carbocycles. The summed E-state index contributed by atoms with van der Waals surface area (Å²) >= 11 is 3.06. The number of benzene rings is 1. The first-order chi connectivity index (χ1) is 9.19. The lowest BCUT2D eigenvalue weighted by molar-refractivity contribution is -0.139. The third kappa shape index (κ3) is 2.77. The molecule has 1 N–H and O–H groups in total. The molecule has 110 valence electrons. The maximum Gasteiger partial charge on any atom is 0.420 e. The second kappa shape index (κ2) is 4.95. The van der Waals surface area contributed by atoms with Crippen LogP contribution in [0, 0.1) is 0 Å². The second-order valence-electron chi connectivity index (χ2n) is 4.89. The first kappa shape index (κ1) is 15.2. The standard InChI is InChI=1S/C13H12BrF3O3/c1-20-11-8(13(15,16)17)4-7(5-9(11)14)12(2-3-12)6-10(18)19/h4-5H,2-3,6H2,1H3,(H,18,19). The van der Waals surface area contributed by atoms with Crippen molar-refractivity contribution in [2.24, 2.45) is 0 Å². The lowest BCUT2D eigenvalue weighted by Crippen LogP contribution is -2.16. The molecule has 0 atom stereocenters. The lowest BCUT2D eigenvalue weighted by atomic mass is 9.91. The molecular weight excluding hydrogens is 341 g/mol. The van der Waals surface area contributed by atoms with Crippen molar-refractivity contribution in [2.45, 2.75) is 30.9 Å². The Bertz CT molecular complexity index is 551. The molecule has 0 radical (unpaired) electrons. The number of carboxylic acids is 1. The quantitative estimate of drug-likeness (QED) is 0.891. The average molecular weight is 353 g/mol. The summed E-state index contributed by atoms with van der Waals surface area (Å²) in [7, 11) is 1.17. The Hall–Kier alpha value is -1.24. The van der Waals surface area contributed by atoms with Gasteiger partial charge in [-0.15, -0.1) is 0 Å². The number of halogens is 4. The van der Waals surface area contributed by atoms with Crippen LogP contribution in [0.15, 0.2) is 16.6 Å². The number of aliphatic carboxylic acids is 1. The zero-order valence-electron chi connectivity index (χ0n) is 10.6. The Kier molecular flexibility index (Phi) is 3.75. The third-order valence-corrected chi connectivity index (χ3v) is 4.10. The van der Waals surface area contributed by atoms with Gasteiger partial charge in [0.25, 0.3) is 0 Å². The Labute approximate surface area is 121 Å². The highest BCUT2D eigenvalue weighted by Crippen LogP contribution is 2.53. The van der Waals surface area contributed by atoms with E-state index in [0.29, 0.717) is 18.4 Å². The van der Waals surface area contributed by atoms with E-state index >= 15 is 0 Å². The Morgan fingerprint density at radius 2 is 2.05 bits per heavy atom. The highest BCUT2D eigenvalue weighted by Gasteiger charge is 2.48. The summed E-state index contributed by atoms with van der Waals surface area (Å²) in [4.78, 5) is 10.9. The normalized spacial score (nSPS) is 16.9. The van der Waals surface area contributed by atoms with Crippen molar-refractivity contribution in [3.05, 3.63) is 27.7 Å². The first-order valence-corrected chi connectivity index (χ1v) is 6.66. The van der Waals surface area contributed by atoms with E-state index in [9.17, 15) is 18.0 Å². The lowest BCUT2D eigenvalue weighted by Gasteiger charge is -2.19. The smallest absolute Gasteiger partial charge is 0.420 e. The molecule has 20 heavy (non-hydrogen) atoms. The van der Waals surface area contributed by atoms with Crippen molar-refractivity contribution in [1.82, 2.24) is 0 Å². The number of methoxy groups -OCH3 is 1. The van der Waals surface area contributed by atoms with E-state index in [4.69, 9.17) is 9.84 Å². The fourth-order valence-electron chi connectivity index (χ4n) is 2.33. The summed E-state index contributed by atoms with van der Waals surface area (Å²) in [6.45, 7) is 0. The molecular formula is C13H12BrF3O3. The molecule has 0 aromatic heterocycles. The van der Waals surface area contributed by atoms with Gasteiger partial charge in [-0.2, -0.15) is 13.2 Å². The molecule has 1 fully saturated rings. The number of alkyl halides is 3. The minimum Gasteiger partial charge on any atom is -0.495 e. The maximum atomic E-state index is 13.0. The van der Waals surface area contributed by atoms with Crippen LogP contribution in [0.1, 0.15) is 30.4 Å². The van der Waals surface area contributed by atoms with Crippen LogP contribution in [-0.4, -0.2) is 18.2 Å². The highest BCUT2D eigenvalue weighted by molar-refractivity contribution is 9.10. The van der Waals surface area contributed by atoms with Gasteiger partial charge in [0.2, 0.25) is 0 Å². The van der Waals surface area contributed by atoms with Gasteiger partial charge in [-0.3, -0.25) is 4.79 Å². The minimum absolute atomic E-state index is 0.164. The number of ether oxygens (including phenoxy) is 1. The number of hydrogen-bond donors (Lipinski definition) is 1. The van der Waals surface area contributed by atoms with Crippen molar-refractivity contribution in [3.63, 3.8) is 0 Å². The predicted molar refractivity (Wildman–Crippen MR) is 68.9 cm³/mol. The van der Waals surface area contributed by atoms with Crippen LogP contribution in [0.3, 0.4) is 0 Å². The van der Waals surface area contributed by atoms with Crippen molar-refractivity contribution < 1.29 is 27.8 Å². The second-order valence-corrected chi connectivity index (χ2v) is 5.74. The summed E-state index contributed by atoms with van der Waals surface area (Å²) in [5.41, 5.74) is -1.18. The van der Waals surface area contributed by atoms with Gasteiger partial charge in [0.1, 0.15) is 5.75 Å². The summed E-state index contributed by atoms with van der Waals surface area (Å²) in [6.07, 6.45) is -3.56. The van der Waals surface area contributed by atoms with E-state index in [-0.39, 0.29) is 16.6 Å². The topological polar surface area (TPSA) is 46.5 Å². The van der Waals surface area contributed by atoms with Crippen LogP contribution >= 0.6 is 15.9 Å². The fourth-order valence-corrected chi connectivity index (χ4v) is 2.95. The summed E-state index contributed by atoms with van der Waals surface area (Å²) in [5, 5.41) is 8.89. The third-order valence-electron chi connectivity index (χ3n) is 3.51. The van der Waals surface area contributed by atoms with E-state index in [2.05, 4.69) is 15.9 Å². The zero-order valence-corrected chi connectivity index (χ0v) is 12.1. The molecule has 1 aromatic carbocycles. The minimum atomic E-state index is -4.55. The van der Waals surface area contributed by atoms with Crippen molar-refractivity contribution in [2.75, 3.05) is 7.11 Å². The molecule has 0 saturated heterocycles. The van der Waals surface area contributed by atoms with Gasteiger partial charge in [0.15, 0.2) is 0 Å². The number of hydrogen-bond acceptors (Lipinski definition) is 2. The van der Waals surface area contributed by atoms with Crippen LogP contribution in [-0.2, 0) is 16.4 Å². The fraction of sp³-hybridized carbons (Fsp3) is 0.462. The van der Waals surface area contributed by atoms with E-state index < -0.39 is 23.1 Å². The SMILES string of the molecule is COc1c(Br)cc(C2(CC(=O)O)CC2)cc1C(F)(F)F. The molecule has 0 heterocycles. The summed E-state index contributed by atoms with van der Waals surface area (Å²) in [5.74, 6) is -1.30. The van der Waals surface area contributed by atoms with Crippen LogP contribution in [0.5, 0.6) is 5.75 Å². The number of carboxylic acid groups (broad SMARTS) is 1. The van der Waals surface area contributed by atoms with Crippen LogP contribution in [0.4, 0.5) is 13.2 Å².